The average Bonchev–Trinajstić information content (AvgIpc) is 2.76. The molecule has 4 heteroatoms. The van der Waals surface area contributed by atoms with Crippen LogP contribution in [0.1, 0.15) is 74.2 Å². The van der Waals surface area contributed by atoms with Crippen molar-refractivity contribution < 1.29 is 4.79 Å². The highest BCUT2D eigenvalue weighted by atomic mass is 16.1. The van der Waals surface area contributed by atoms with Gasteiger partial charge in [-0.2, -0.15) is 0 Å². The molecule has 1 N–H and O–H groups in total. The van der Waals surface area contributed by atoms with E-state index in [0.717, 1.165) is 36.6 Å². The van der Waals surface area contributed by atoms with Gasteiger partial charge in [0.2, 0.25) is 0 Å². The molecule has 2 aliphatic carbocycles. The molecule has 0 saturated heterocycles. The van der Waals surface area contributed by atoms with E-state index in [1.165, 1.54) is 12.8 Å². The second kappa shape index (κ2) is 5.74. The quantitative estimate of drug-likeness (QED) is 0.909. The van der Waals surface area contributed by atoms with Crippen LogP contribution in [0.5, 0.6) is 0 Å². The second-order valence-electron chi connectivity index (χ2n) is 6.99. The van der Waals surface area contributed by atoms with Crippen molar-refractivity contribution in [3.05, 3.63) is 23.3 Å². The van der Waals surface area contributed by atoms with Crippen LogP contribution in [0.4, 0.5) is 0 Å². The van der Waals surface area contributed by atoms with E-state index in [2.05, 4.69) is 36.1 Å². The van der Waals surface area contributed by atoms with Gasteiger partial charge in [0.25, 0.3) is 5.91 Å². The van der Waals surface area contributed by atoms with Crippen molar-refractivity contribution in [2.24, 2.45) is 11.8 Å². The Bertz CT molecular complexity index is 535. The SMILES string of the molecule is CC1CCC(NC(=O)c2cnc3c(n2)[C@H](C)[C@@H](C)C3)CC1. The van der Waals surface area contributed by atoms with Crippen molar-refractivity contribution in [2.45, 2.75) is 64.8 Å². The molecule has 0 bridgehead atoms. The number of hydrogen-bond acceptors (Lipinski definition) is 3. The summed E-state index contributed by atoms with van der Waals surface area (Å²) in [5.74, 6) is 1.70. The minimum absolute atomic E-state index is 0.0587. The van der Waals surface area contributed by atoms with Crippen LogP contribution in [0.25, 0.3) is 0 Å². The molecular weight excluding hydrogens is 262 g/mol. The molecule has 1 aromatic heterocycles. The number of carbonyl (C=O) groups excluding carboxylic acids is 1. The van der Waals surface area contributed by atoms with Crippen LogP contribution in [0.15, 0.2) is 6.20 Å². The van der Waals surface area contributed by atoms with Crippen molar-refractivity contribution in [3.8, 4) is 0 Å². The van der Waals surface area contributed by atoms with Gasteiger partial charge in [0.1, 0.15) is 5.69 Å². The normalized spacial score (nSPS) is 31.8. The van der Waals surface area contributed by atoms with E-state index in [1.54, 1.807) is 6.20 Å². The maximum atomic E-state index is 12.4. The third-order valence-electron chi connectivity index (χ3n) is 5.26. The molecule has 1 heterocycles. The highest BCUT2D eigenvalue weighted by Crippen LogP contribution is 2.34. The fraction of sp³-hybridized carbons (Fsp3) is 0.706. The van der Waals surface area contributed by atoms with Crippen molar-refractivity contribution in [3.63, 3.8) is 0 Å². The highest BCUT2D eigenvalue weighted by Gasteiger charge is 2.29. The lowest BCUT2D eigenvalue weighted by Crippen LogP contribution is -2.37. The van der Waals surface area contributed by atoms with Gasteiger partial charge in [-0.1, -0.05) is 20.8 Å². The fourth-order valence-electron chi connectivity index (χ4n) is 3.47. The Morgan fingerprint density at radius 1 is 1.19 bits per heavy atom. The smallest absolute Gasteiger partial charge is 0.271 e. The van der Waals surface area contributed by atoms with Gasteiger partial charge in [-0.05, 0) is 43.9 Å². The zero-order chi connectivity index (χ0) is 15.0. The monoisotopic (exact) mass is 287 g/mol. The van der Waals surface area contributed by atoms with Crippen molar-refractivity contribution in [2.75, 3.05) is 0 Å². The molecule has 0 unspecified atom stereocenters. The number of fused-ring (bicyclic) bond motifs is 1. The van der Waals surface area contributed by atoms with Gasteiger partial charge in [0.05, 0.1) is 17.6 Å². The lowest BCUT2D eigenvalue weighted by atomic mass is 9.87. The number of nitrogens with zero attached hydrogens (tertiary/aromatic N) is 2. The summed E-state index contributed by atoms with van der Waals surface area (Å²) in [6, 6.07) is 0.306. The number of amides is 1. The Balaban J connectivity index is 1.69. The summed E-state index contributed by atoms with van der Waals surface area (Å²) >= 11 is 0. The Morgan fingerprint density at radius 2 is 1.90 bits per heavy atom. The molecule has 3 rings (SSSR count). The molecule has 0 radical (unpaired) electrons. The number of hydrogen-bond donors (Lipinski definition) is 1. The Hall–Kier alpha value is -1.45. The van der Waals surface area contributed by atoms with Gasteiger partial charge < -0.3 is 5.32 Å². The summed E-state index contributed by atoms with van der Waals surface area (Å²) in [6.45, 7) is 6.68. The lowest BCUT2D eigenvalue weighted by Gasteiger charge is -2.26. The second-order valence-corrected chi connectivity index (χ2v) is 6.99. The molecular formula is C17H25N3O. The van der Waals surface area contributed by atoms with Gasteiger partial charge >= 0.3 is 0 Å². The molecule has 0 spiro atoms. The summed E-state index contributed by atoms with van der Waals surface area (Å²) in [7, 11) is 0. The van der Waals surface area contributed by atoms with Crippen LogP contribution in [0.3, 0.4) is 0 Å². The Morgan fingerprint density at radius 3 is 2.62 bits per heavy atom. The van der Waals surface area contributed by atoms with Crippen LogP contribution in [-0.2, 0) is 6.42 Å². The molecule has 1 aromatic rings. The predicted molar refractivity (Wildman–Crippen MR) is 82.2 cm³/mol. The molecule has 114 valence electrons. The molecule has 0 aliphatic heterocycles. The molecule has 4 nitrogen and oxygen atoms in total. The van der Waals surface area contributed by atoms with Crippen molar-refractivity contribution in [1.82, 2.24) is 15.3 Å². The minimum atomic E-state index is -0.0587. The van der Waals surface area contributed by atoms with E-state index in [9.17, 15) is 4.79 Å². The predicted octanol–water partition coefficient (Wildman–Crippen LogP) is 3.08. The lowest BCUT2D eigenvalue weighted by molar-refractivity contribution is 0.0917. The van der Waals surface area contributed by atoms with E-state index < -0.39 is 0 Å². The number of aromatic nitrogens is 2. The van der Waals surface area contributed by atoms with Crippen molar-refractivity contribution >= 4 is 5.91 Å². The summed E-state index contributed by atoms with van der Waals surface area (Å²) in [5, 5.41) is 3.13. The van der Waals surface area contributed by atoms with Crippen LogP contribution < -0.4 is 5.32 Å². The standard InChI is InChI=1S/C17H25N3O/c1-10-4-6-13(7-5-10)19-17(21)15-9-18-14-8-11(2)12(3)16(14)20-15/h9-13H,4-8H2,1-3H3,(H,19,21)/t10?,11-,12+,13?/m0/s1. The van der Waals surface area contributed by atoms with Crippen LogP contribution >= 0.6 is 0 Å². The topological polar surface area (TPSA) is 54.9 Å². The minimum Gasteiger partial charge on any atom is -0.348 e. The van der Waals surface area contributed by atoms with Gasteiger partial charge in [-0.3, -0.25) is 9.78 Å². The summed E-state index contributed by atoms with van der Waals surface area (Å²) in [5.41, 5.74) is 2.57. The average molecular weight is 287 g/mol. The molecule has 2 aliphatic rings. The maximum absolute atomic E-state index is 12.4. The maximum Gasteiger partial charge on any atom is 0.271 e. The Kier molecular flexibility index (Phi) is 3.96. The Labute approximate surface area is 126 Å². The highest BCUT2D eigenvalue weighted by molar-refractivity contribution is 5.92. The first kappa shape index (κ1) is 14.5. The van der Waals surface area contributed by atoms with Crippen LogP contribution in [0, 0.1) is 11.8 Å². The van der Waals surface area contributed by atoms with Gasteiger partial charge in [0, 0.05) is 12.0 Å². The molecule has 0 aromatic carbocycles. The largest absolute Gasteiger partial charge is 0.348 e. The van der Waals surface area contributed by atoms with E-state index in [0.29, 0.717) is 23.6 Å². The third kappa shape index (κ3) is 2.94. The van der Waals surface area contributed by atoms with Crippen LogP contribution in [0.2, 0.25) is 0 Å². The van der Waals surface area contributed by atoms with E-state index >= 15 is 0 Å². The van der Waals surface area contributed by atoms with Gasteiger partial charge in [0.15, 0.2) is 0 Å². The molecule has 1 fully saturated rings. The zero-order valence-corrected chi connectivity index (χ0v) is 13.2. The first-order valence-corrected chi connectivity index (χ1v) is 8.21. The van der Waals surface area contributed by atoms with Crippen LogP contribution in [-0.4, -0.2) is 21.9 Å². The van der Waals surface area contributed by atoms with E-state index in [1.807, 2.05) is 0 Å². The van der Waals surface area contributed by atoms with Gasteiger partial charge in [-0.15, -0.1) is 0 Å². The van der Waals surface area contributed by atoms with Gasteiger partial charge in [-0.25, -0.2) is 4.98 Å². The third-order valence-corrected chi connectivity index (χ3v) is 5.26. The first-order valence-electron chi connectivity index (χ1n) is 8.21. The number of carbonyl (C=O) groups is 1. The molecule has 1 amide bonds. The zero-order valence-electron chi connectivity index (χ0n) is 13.2. The summed E-state index contributed by atoms with van der Waals surface area (Å²) in [4.78, 5) is 21.4. The molecule has 1 saturated carbocycles. The first-order chi connectivity index (χ1) is 10.0. The van der Waals surface area contributed by atoms with E-state index in [-0.39, 0.29) is 5.91 Å². The summed E-state index contributed by atoms with van der Waals surface area (Å²) < 4.78 is 0. The number of nitrogens with one attached hydrogen (secondary N) is 1. The number of rotatable bonds is 2. The van der Waals surface area contributed by atoms with Crippen molar-refractivity contribution in [1.29, 1.82) is 0 Å². The van der Waals surface area contributed by atoms with E-state index in [4.69, 9.17) is 0 Å². The molecule has 21 heavy (non-hydrogen) atoms. The fourth-order valence-corrected chi connectivity index (χ4v) is 3.47. The molecule has 2 atom stereocenters. The summed E-state index contributed by atoms with van der Waals surface area (Å²) in [6.07, 6.45) is 7.19.